The summed E-state index contributed by atoms with van der Waals surface area (Å²) in [6.45, 7) is 3.35. The molecule has 0 aliphatic carbocycles. The number of carbonyl (C=O) groups excluding carboxylic acids is 2. The molecule has 1 heterocycles. The van der Waals surface area contributed by atoms with Crippen LogP contribution in [0.5, 0.6) is 0 Å². The average molecular weight is 303 g/mol. The molecule has 2 amide bonds. The summed E-state index contributed by atoms with van der Waals surface area (Å²) >= 11 is 0. The van der Waals surface area contributed by atoms with Gasteiger partial charge in [0.15, 0.2) is 0 Å². The largest absolute Gasteiger partial charge is 0.356 e. The van der Waals surface area contributed by atoms with Crippen molar-refractivity contribution in [2.24, 2.45) is 5.92 Å². The van der Waals surface area contributed by atoms with Crippen LogP contribution in [0.1, 0.15) is 36.0 Å². The maximum absolute atomic E-state index is 11.8. The van der Waals surface area contributed by atoms with Gasteiger partial charge in [0.05, 0.1) is 0 Å². The summed E-state index contributed by atoms with van der Waals surface area (Å²) in [5, 5.41) is 9.15. The van der Waals surface area contributed by atoms with Gasteiger partial charge in [0.25, 0.3) is 5.91 Å². The van der Waals surface area contributed by atoms with Crippen molar-refractivity contribution in [1.82, 2.24) is 16.0 Å². The molecule has 22 heavy (non-hydrogen) atoms. The molecular formula is C17H25N3O2. The molecule has 1 fully saturated rings. The topological polar surface area (TPSA) is 70.2 Å². The number of benzene rings is 1. The molecule has 1 aromatic rings. The fourth-order valence-electron chi connectivity index (χ4n) is 2.59. The highest BCUT2D eigenvalue weighted by atomic mass is 16.2. The minimum atomic E-state index is -0.0886. The van der Waals surface area contributed by atoms with E-state index in [1.54, 1.807) is 12.1 Å². The molecule has 1 atom stereocenters. The summed E-state index contributed by atoms with van der Waals surface area (Å²) in [6, 6.07) is 9.11. The van der Waals surface area contributed by atoms with Gasteiger partial charge < -0.3 is 16.0 Å². The quantitative estimate of drug-likeness (QED) is 0.665. The maximum Gasteiger partial charge on any atom is 0.251 e. The van der Waals surface area contributed by atoms with E-state index < -0.39 is 0 Å². The van der Waals surface area contributed by atoms with Gasteiger partial charge in [-0.1, -0.05) is 18.2 Å². The van der Waals surface area contributed by atoms with E-state index in [4.69, 9.17) is 0 Å². The molecule has 1 saturated heterocycles. The Morgan fingerprint density at radius 3 is 2.73 bits per heavy atom. The molecule has 1 aliphatic heterocycles. The summed E-state index contributed by atoms with van der Waals surface area (Å²) < 4.78 is 0. The first-order chi connectivity index (χ1) is 10.8. The molecule has 3 N–H and O–H groups in total. The van der Waals surface area contributed by atoms with Crippen LogP contribution >= 0.6 is 0 Å². The predicted octanol–water partition coefficient (Wildman–Crippen LogP) is 1.31. The van der Waals surface area contributed by atoms with Crippen LogP contribution in [0.25, 0.3) is 0 Å². The number of nitrogens with one attached hydrogen (secondary N) is 3. The third kappa shape index (κ3) is 5.85. The van der Waals surface area contributed by atoms with Crippen LogP contribution in [0.4, 0.5) is 0 Å². The van der Waals surface area contributed by atoms with E-state index in [1.807, 2.05) is 18.2 Å². The standard InChI is InChI=1S/C17H25N3O2/c21-16(20-13-14-6-4-10-18-12-14)9-5-11-19-17(22)15-7-2-1-3-8-15/h1-3,7-8,14,18H,4-6,9-13H2,(H,19,22)(H,20,21). The van der Waals surface area contributed by atoms with Crippen LogP contribution in [0.2, 0.25) is 0 Å². The van der Waals surface area contributed by atoms with E-state index in [2.05, 4.69) is 16.0 Å². The molecule has 5 heteroatoms. The number of amides is 2. The van der Waals surface area contributed by atoms with E-state index >= 15 is 0 Å². The minimum absolute atomic E-state index is 0.0690. The van der Waals surface area contributed by atoms with Crippen molar-refractivity contribution in [1.29, 1.82) is 0 Å². The zero-order valence-corrected chi connectivity index (χ0v) is 12.9. The SMILES string of the molecule is O=C(CCCNC(=O)c1ccccc1)NCC1CCCNC1. The lowest BCUT2D eigenvalue weighted by atomic mass is 10.00. The third-order valence-electron chi connectivity index (χ3n) is 3.89. The van der Waals surface area contributed by atoms with E-state index in [1.165, 1.54) is 12.8 Å². The van der Waals surface area contributed by atoms with Crippen LogP contribution < -0.4 is 16.0 Å². The summed E-state index contributed by atoms with van der Waals surface area (Å²) in [7, 11) is 0. The highest BCUT2D eigenvalue weighted by Crippen LogP contribution is 2.08. The molecule has 0 spiro atoms. The van der Waals surface area contributed by atoms with Gasteiger partial charge in [0, 0.05) is 25.1 Å². The molecule has 0 radical (unpaired) electrons. The van der Waals surface area contributed by atoms with E-state index in [9.17, 15) is 9.59 Å². The van der Waals surface area contributed by atoms with Gasteiger partial charge in [0.2, 0.25) is 5.91 Å². The molecule has 120 valence electrons. The highest BCUT2D eigenvalue weighted by Gasteiger charge is 2.13. The Kier molecular flexibility index (Phi) is 6.90. The first-order valence-electron chi connectivity index (χ1n) is 8.06. The van der Waals surface area contributed by atoms with Crippen LogP contribution in [0.15, 0.2) is 30.3 Å². The van der Waals surface area contributed by atoms with E-state index in [0.717, 1.165) is 19.6 Å². The van der Waals surface area contributed by atoms with Gasteiger partial charge in [-0.3, -0.25) is 9.59 Å². The zero-order chi connectivity index (χ0) is 15.6. The molecule has 0 aromatic heterocycles. The first kappa shape index (κ1) is 16.5. The molecule has 0 saturated carbocycles. The first-order valence-corrected chi connectivity index (χ1v) is 8.06. The smallest absolute Gasteiger partial charge is 0.251 e. The Hall–Kier alpha value is -1.88. The average Bonchev–Trinajstić information content (AvgIpc) is 2.58. The number of hydrogen-bond donors (Lipinski definition) is 3. The predicted molar refractivity (Wildman–Crippen MR) is 86.6 cm³/mol. The van der Waals surface area contributed by atoms with E-state index in [-0.39, 0.29) is 11.8 Å². The molecule has 5 nitrogen and oxygen atoms in total. The molecule has 1 aliphatic rings. The Balaban J connectivity index is 1.54. The fraction of sp³-hybridized carbons (Fsp3) is 0.529. The number of rotatable bonds is 7. The second kappa shape index (κ2) is 9.20. The number of carbonyl (C=O) groups is 2. The van der Waals surface area contributed by atoms with Crippen molar-refractivity contribution in [2.75, 3.05) is 26.2 Å². The van der Waals surface area contributed by atoms with E-state index in [0.29, 0.717) is 30.9 Å². The summed E-state index contributed by atoms with van der Waals surface area (Å²) in [5.41, 5.74) is 0.650. The normalized spacial score (nSPS) is 17.7. The molecule has 2 rings (SSSR count). The van der Waals surface area contributed by atoms with Gasteiger partial charge in [-0.2, -0.15) is 0 Å². The van der Waals surface area contributed by atoms with Crippen LogP contribution in [0, 0.1) is 5.92 Å². The number of hydrogen-bond acceptors (Lipinski definition) is 3. The second-order valence-corrected chi connectivity index (χ2v) is 5.74. The molecule has 1 aromatic carbocycles. The molecular weight excluding hydrogens is 278 g/mol. The lowest BCUT2D eigenvalue weighted by Gasteiger charge is -2.22. The van der Waals surface area contributed by atoms with Gasteiger partial charge in [0.1, 0.15) is 0 Å². The zero-order valence-electron chi connectivity index (χ0n) is 12.9. The van der Waals surface area contributed by atoms with Crippen molar-refractivity contribution in [2.45, 2.75) is 25.7 Å². The summed E-state index contributed by atoms with van der Waals surface area (Å²) in [5.74, 6) is 0.532. The van der Waals surface area contributed by atoms with Crippen LogP contribution in [-0.2, 0) is 4.79 Å². The second-order valence-electron chi connectivity index (χ2n) is 5.74. The van der Waals surface area contributed by atoms with Gasteiger partial charge in [-0.15, -0.1) is 0 Å². The van der Waals surface area contributed by atoms with Crippen molar-refractivity contribution >= 4 is 11.8 Å². The Morgan fingerprint density at radius 1 is 1.18 bits per heavy atom. The van der Waals surface area contributed by atoms with Gasteiger partial charge in [-0.25, -0.2) is 0 Å². The van der Waals surface area contributed by atoms with Crippen LogP contribution in [0.3, 0.4) is 0 Å². The number of piperidine rings is 1. The molecule has 0 bridgehead atoms. The van der Waals surface area contributed by atoms with Crippen molar-refractivity contribution in [3.8, 4) is 0 Å². The Bertz CT molecular complexity index is 470. The Morgan fingerprint density at radius 2 is 2.00 bits per heavy atom. The van der Waals surface area contributed by atoms with Gasteiger partial charge >= 0.3 is 0 Å². The highest BCUT2D eigenvalue weighted by molar-refractivity contribution is 5.94. The summed E-state index contributed by atoms with van der Waals surface area (Å²) in [4.78, 5) is 23.6. The minimum Gasteiger partial charge on any atom is -0.356 e. The van der Waals surface area contributed by atoms with Crippen molar-refractivity contribution in [3.63, 3.8) is 0 Å². The van der Waals surface area contributed by atoms with Gasteiger partial charge in [-0.05, 0) is 50.4 Å². The fourth-order valence-corrected chi connectivity index (χ4v) is 2.59. The monoisotopic (exact) mass is 303 g/mol. The molecule has 1 unspecified atom stereocenters. The third-order valence-corrected chi connectivity index (χ3v) is 3.89. The summed E-state index contributed by atoms with van der Waals surface area (Å²) in [6.07, 6.45) is 3.48. The lowest BCUT2D eigenvalue weighted by molar-refractivity contribution is -0.121. The van der Waals surface area contributed by atoms with Crippen molar-refractivity contribution in [3.05, 3.63) is 35.9 Å². The van der Waals surface area contributed by atoms with Crippen molar-refractivity contribution < 1.29 is 9.59 Å². The maximum atomic E-state index is 11.8. The van der Waals surface area contributed by atoms with Crippen LogP contribution in [-0.4, -0.2) is 38.0 Å². The lowest BCUT2D eigenvalue weighted by Crippen LogP contribution is -2.38. The Labute approximate surface area is 131 Å².